The first kappa shape index (κ1) is 8.04. The Balaban J connectivity index is 2.62. The minimum atomic E-state index is 0.741. The van der Waals surface area contributed by atoms with Crippen molar-refractivity contribution in [3.63, 3.8) is 0 Å². The van der Waals surface area contributed by atoms with Gasteiger partial charge in [0.25, 0.3) is 0 Å². The zero-order valence-electron chi connectivity index (χ0n) is 8.02. The van der Waals surface area contributed by atoms with Crippen molar-refractivity contribution < 1.29 is 0 Å². The van der Waals surface area contributed by atoms with E-state index in [4.69, 9.17) is 0 Å². The lowest BCUT2D eigenvalue weighted by Gasteiger charge is -2.03. The van der Waals surface area contributed by atoms with Crippen LogP contribution in [-0.4, -0.2) is 28.7 Å². The first-order chi connectivity index (χ1) is 6.16. The lowest BCUT2D eigenvalue weighted by atomic mass is 10.3. The Morgan fingerprint density at radius 2 is 2.08 bits per heavy atom. The van der Waals surface area contributed by atoms with Gasteiger partial charge in [-0.05, 0) is 18.6 Å². The molecule has 4 nitrogen and oxygen atoms in total. The van der Waals surface area contributed by atoms with E-state index < -0.39 is 0 Å². The van der Waals surface area contributed by atoms with Crippen LogP contribution in [0.15, 0.2) is 18.3 Å². The van der Waals surface area contributed by atoms with Crippen LogP contribution in [0.1, 0.15) is 5.56 Å². The number of anilines is 1. The molecule has 0 atom stereocenters. The number of hydrogen-bond donors (Lipinski definition) is 0. The monoisotopic (exact) mass is 176 g/mol. The Kier molecular flexibility index (Phi) is 1.69. The van der Waals surface area contributed by atoms with E-state index in [1.54, 1.807) is 4.52 Å². The second-order valence-corrected chi connectivity index (χ2v) is 3.32. The second-order valence-electron chi connectivity index (χ2n) is 3.32. The molecule has 0 saturated heterocycles. The van der Waals surface area contributed by atoms with Crippen LogP contribution in [0.5, 0.6) is 0 Å². The molecule has 0 bridgehead atoms. The topological polar surface area (TPSA) is 33.4 Å². The van der Waals surface area contributed by atoms with Crippen LogP contribution < -0.4 is 4.90 Å². The largest absolute Gasteiger partial charge is 0.346 e. The number of hydrogen-bond acceptors (Lipinski definition) is 3. The van der Waals surface area contributed by atoms with E-state index in [0.29, 0.717) is 0 Å². The van der Waals surface area contributed by atoms with Crippen molar-refractivity contribution in [2.75, 3.05) is 19.0 Å². The van der Waals surface area contributed by atoms with Gasteiger partial charge >= 0.3 is 0 Å². The molecule has 2 rings (SSSR count). The fraction of sp³-hybridized carbons (Fsp3) is 0.333. The van der Waals surface area contributed by atoms with E-state index >= 15 is 0 Å². The summed E-state index contributed by atoms with van der Waals surface area (Å²) >= 11 is 0. The van der Waals surface area contributed by atoms with Gasteiger partial charge in [0.15, 0.2) is 5.65 Å². The average molecular weight is 176 g/mol. The molecule has 4 heteroatoms. The van der Waals surface area contributed by atoms with Crippen LogP contribution in [0.4, 0.5) is 5.95 Å². The summed E-state index contributed by atoms with van der Waals surface area (Å²) in [6.45, 7) is 2.04. The van der Waals surface area contributed by atoms with Crippen LogP contribution >= 0.6 is 0 Å². The van der Waals surface area contributed by atoms with Crippen molar-refractivity contribution >= 4 is 11.6 Å². The zero-order chi connectivity index (χ0) is 9.42. The van der Waals surface area contributed by atoms with E-state index in [9.17, 15) is 0 Å². The van der Waals surface area contributed by atoms with E-state index in [1.807, 2.05) is 44.2 Å². The third-order valence-corrected chi connectivity index (χ3v) is 1.87. The van der Waals surface area contributed by atoms with Crippen molar-refractivity contribution in [1.82, 2.24) is 14.6 Å². The third-order valence-electron chi connectivity index (χ3n) is 1.87. The van der Waals surface area contributed by atoms with Gasteiger partial charge in [-0.2, -0.15) is 4.98 Å². The minimum Gasteiger partial charge on any atom is -0.346 e. The zero-order valence-corrected chi connectivity index (χ0v) is 8.02. The SMILES string of the molecule is Cc1ccc2nc(N(C)C)nn2c1. The van der Waals surface area contributed by atoms with Gasteiger partial charge in [0, 0.05) is 20.3 Å². The maximum atomic E-state index is 4.33. The Morgan fingerprint density at radius 1 is 1.31 bits per heavy atom. The van der Waals surface area contributed by atoms with Crippen LogP contribution in [0.3, 0.4) is 0 Å². The summed E-state index contributed by atoms with van der Waals surface area (Å²) in [6, 6.07) is 4.00. The Labute approximate surface area is 76.8 Å². The summed E-state index contributed by atoms with van der Waals surface area (Å²) in [5.74, 6) is 0.741. The molecule has 0 amide bonds. The number of pyridine rings is 1. The summed E-state index contributed by atoms with van der Waals surface area (Å²) in [5.41, 5.74) is 2.07. The molecule has 0 aromatic carbocycles. The maximum absolute atomic E-state index is 4.33. The van der Waals surface area contributed by atoms with Crippen LogP contribution in [0.25, 0.3) is 5.65 Å². The van der Waals surface area contributed by atoms with E-state index in [2.05, 4.69) is 10.1 Å². The van der Waals surface area contributed by atoms with Gasteiger partial charge in [-0.15, -0.1) is 5.10 Å². The van der Waals surface area contributed by atoms with Crippen LogP contribution in [0, 0.1) is 6.92 Å². The molecule has 0 unspecified atom stereocenters. The summed E-state index contributed by atoms with van der Waals surface area (Å²) in [6.07, 6.45) is 1.97. The second kappa shape index (κ2) is 2.73. The Hall–Kier alpha value is -1.58. The lowest BCUT2D eigenvalue weighted by molar-refractivity contribution is 0.921. The van der Waals surface area contributed by atoms with Gasteiger partial charge in [-0.25, -0.2) is 4.52 Å². The Morgan fingerprint density at radius 3 is 2.77 bits per heavy atom. The van der Waals surface area contributed by atoms with Crippen molar-refractivity contribution in [3.8, 4) is 0 Å². The average Bonchev–Trinajstić information content (AvgIpc) is 2.46. The minimum absolute atomic E-state index is 0.741. The molecule has 0 saturated carbocycles. The first-order valence-corrected chi connectivity index (χ1v) is 4.17. The number of aromatic nitrogens is 3. The number of fused-ring (bicyclic) bond motifs is 1. The number of aryl methyl sites for hydroxylation is 1. The third kappa shape index (κ3) is 1.35. The maximum Gasteiger partial charge on any atom is 0.245 e. The highest BCUT2D eigenvalue weighted by molar-refractivity contribution is 5.44. The predicted octanol–water partition coefficient (Wildman–Crippen LogP) is 1.10. The Bertz CT molecular complexity index is 430. The molecule has 0 aliphatic rings. The van der Waals surface area contributed by atoms with E-state index in [1.165, 1.54) is 5.56 Å². The summed E-state index contributed by atoms with van der Waals surface area (Å²) in [4.78, 5) is 6.22. The molecule has 2 aromatic rings. The van der Waals surface area contributed by atoms with Gasteiger partial charge in [0.2, 0.25) is 5.95 Å². The van der Waals surface area contributed by atoms with Crippen molar-refractivity contribution in [2.24, 2.45) is 0 Å². The van der Waals surface area contributed by atoms with Crippen molar-refractivity contribution in [3.05, 3.63) is 23.9 Å². The normalized spacial score (nSPS) is 10.7. The summed E-state index contributed by atoms with van der Waals surface area (Å²) < 4.78 is 1.80. The van der Waals surface area contributed by atoms with Crippen molar-refractivity contribution in [2.45, 2.75) is 6.92 Å². The van der Waals surface area contributed by atoms with Crippen LogP contribution in [-0.2, 0) is 0 Å². The van der Waals surface area contributed by atoms with Crippen molar-refractivity contribution in [1.29, 1.82) is 0 Å². The highest BCUT2D eigenvalue weighted by Gasteiger charge is 2.03. The van der Waals surface area contributed by atoms with Gasteiger partial charge in [0.05, 0.1) is 0 Å². The molecule has 0 N–H and O–H groups in total. The number of rotatable bonds is 1. The molecule has 2 aromatic heterocycles. The molecule has 0 aliphatic heterocycles. The smallest absolute Gasteiger partial charge is 0.245 e. The first-order valence-electron chi connectivity index (χ1n) is 4.17. The van der Waals surface area contributed by atoms with E-state index in [-0.39, 0.29) is 0 Å². The molecule has 2 heterocycles. The molecular formula is C9H12N4. The molecule has 0 radical (unpaired) electrons. The van der Waals surface area contributed by atoms with Crippen LogP contribution in [0.2, 0.25) is 0 Å². The molecule has 0 spiro atoms. The number of nitrogens with zero attached hydrogens (tertiary/aromatic N) is 4. The fourth-order valence-corrected chi connectivity index (χ4v) is 1.16. The van der Waals surface area contributed by atoms with Gasteiger partial charge in [-0.1, -0.05) is 6.07 Å². The van der Waals surface area contributed by atoms with Gasteiger partial charge < -0.3 is 4.90 Å². The highest BCUT2D eigenvalue weighted by Crippen LogP contribution is 2.08. The highest BCUT2D eigenvalue weighted by atomic mass is 15.4. The summed E-state index contributed by atoms with van der Waals surface area (Å²) in [7, 11) is 3.86. The summed E-state index contributed by atoms with van der Waals surface area (Å²) in [5, 5.41) is 4.30. The molecular weight excluding hydrogens is 164 g/mol. The van der Waals surface area contributed by atoms with Gasteiger partial charge in [0.1, 0.15) is 0 Å². The predicted molar refractivity (Wildman–Crippen MR) is 52.1 cm³/mol. The molecule has 0 aliphatic carbocycles. The lowest BCUT2D eigenvalue weighted by Crippen LogP contribution is -2.10. The molecule has 13 heavy (non-hydrogen) atoms. The quantitative estimate of drug-likeness (QED) is 0.652. The standard InChI is InChI=1S/C9H12N4/c1-7-4-5-8-10-9(12(2)3)11-13(8)6-7/h4-6H,1-3H3. The van der Waals surface area contributed by atoms with E-state index in [0.717, 1.165) is 11.6 Å². The molecule has 0 fully saturated rings. The molecule has 68 valence electrons. The fourth-order valence-electron chi connectivity index (χ4n) is 1.16. The van der Waals surface area contributed by atoms with Gasteiger partial charge in [-0.3, -0.25) is 0 Å².